The highest BCUT2D eigenvalue weighted by Gasteiger charge is 2.25. The van der Waals surface area contributed by atoms with Gasteiger partial charge in [0.25, 0.3) is 0 Å². The highest BCUT2D eigenvalue weighted by Crippen LogP contribution is 2.18. The molecule has 0 bridgehead atoms. The van der Waals surface area contributed by atoms with E-state index in [1.807, 2.05) is 0 Å². The lowest BCUT2D eigenvalue weighted by molar-refractivity contribution is -0.768. The third kappa shape index (κ3) is 4.66. The number of hydrogen-bond acceptors (Lipinski definition) is 6. The number of amides is 1. The number of nitrogens with one attached hydrogen (secondary N) is 1. The zero-order valence-electron chi connectivity index (χ0n) is 13.0. The minimum atomic E-state index is -0.614. The Morgan fingerprint density at radius 3 is 2.55 bits per heavy atom. The lowest BCUT2D eigenvalue weighted by atomic mass is 10.2. The van der Waals surface area contributed by atoms with Crippen molar-refractivity contribution in [3.8, 4) is 5.75 Å². The standard InChI is InChI=1S/C14H21N4O4/c1-14(2,3)22-18(20)12-5-4-11(10-16-12)21-13(19)17-8-6-15-7-9-17/h4-5,10,15H,6-9H2,1-3H3/q+1. The van der Waals surface area contributed by atoms with Crippen molar-refractivity contribution >= 4 is 11.9 Å². The average molecular weight is 309 g/mol. The molecular weight excluding hydrogens is 288 g/mol. The van der Waals surface area contributed by atoms with Crippen LogP contribution in [0.5, 0.6) is 5.75 Å². The molecule has 0 aromatic carbocycles. The zero-order chi connectivity index (χ0) is 16.2. The van der Waals surface area contributed by atoms with Crippen molar-refractivity contribution in [3.63, 3.8) is 0 Å². The largest absolute Gasteiger partial charge is 0.415 e. The number of rotatable bonds is 3. The SMILES string of the molecule is CC(C)(C)O[N+](=O)c1ccc(OC(=O)N2CCNCC2)cn1. The summed E-state index contributed by atoms with van der Waals surface area (Å²) in [5, 5.41) is 3.16. The second kappa shape index (κ2) is 6.69. The van der Waals surface area contributed by atoms with Gasteiger partial charge in [0.1, 0.15) is 0 Å². The molecule has 120 valence electrons. The van der Waals surface area contributed by atoms with Gasteiger partial charge in [0.05, 0.1) is 0 Å². The maximum atomic E-state index is 11.9. The lowest BCUT2D eigenvalue weighted by Gasteiger charge is -2.26. The van der Waals surface area contributed by atoms with Gasteiger partial charge >= 0.3 is 11.9 Å². The van der Waals surface area contributed by atoms with Crippen molar-refractivity contribution in [1.82, 2.24) is 15.2 Å². The summed E-state index contributed by atoms with van der Waals surface area (Å²) in [6.45, 7) is 8.02. The number of carbonyl (C=O) groups is 1. The fourth-order valence-electron chi connectivity index (χ4n) is 1.85. The zero-order valence-corrected chi connectivity index (χ0v) is 13.0. The summed E-state index contributed by atoms with van der Waals surface area (Å²) in [6, 6.07) is 2.96. The fourth-order valence-corrected chi connectivity index (χ4v) is 1.85. The maximum Gasteiger partial charge on any atom is 0.415 e. The Morgan fingerprint density at radius 2 is 2.00 bits per heavy atom. The summed E-state index contributed by atoms with van der Waals surface area (Å²) in [4.78, 5) is 34.7. The van der Waals surface area contributed by atoms with Crippen molar-refractivity contribution < 1.29 is 19.3 Å². The van der Waals surface area contributed by atoms with Gasteiger partial charge in [-0.1, -0.05) is 0 Å². The summed E-state index contributed by atoms with van der Waals surface area (Å²) in [7, 11) is 0. The van der Waals surface area contributed by atoms with Crippen LogP contribution in [0.25, 0.3) is 0 Å². The molecule has 0 saturated carbocycles. The first-order chi connectivity index (χ1) is 10.3. The molecule has 0 unspecified atom stereocenters. The molecule has 1 N–H and O–H groups in total. The van der Waals surface area contributed by atoms with Crippen molar-refractivity contribution in [2.45, 2.75) is 26.4 Å². The summed E-state index contributed by atoms with van der Waals surface area (Å²) >= 11 is 0. The van der Waals surface area contributed by atoms with E-state index in [1.165, 1.54) is 18.3 Å². The third-order valence-electron chi connectivity index (χ3n) is 2.84. The van der Waals surface area contributed by atoms with E-state index in [4.69, 9.17) is 9.57 Å². The molecule has 2 rings (SSSR count). The van der Waals surface area contributed by atoms with Crippen molar-refractivity contribution in [2.24, 2.45) is 0 Å². The molecule has 2 heterocycles. The van der Waals surface area contributed by atoms with E-state index in [1.54, 1.807) is 25.7 Å². The smallest absolute Gasteiger partial charge is 0.406 e. The number of ether oxygens (including phenoxy) is 1. The Kier molecular flexibility index (Phi) is 4.92. The fraction of sp³-hybridized carbons (Fsp3) is 0.571. The molecule has 1 aliphatic heterocycles. The van der Waals surface area contributed by atoms with E-state index < -0.39 is 11.7 Å². The predicted molar refractivity (Wildman–Crippen MR) is 78.8 cm³/mol. The van der Waals surface area contributed by atoms with Gasteiger partial charge < -0.3 is 15.0 Å². The van der Waals surface area contributed by atoms with Gasteiger partial charge in [0, 0.05) is 32.2 Å². The Labute approximate surface area is 128 Å². The van der Waals surface area contributed by atoms with Crippen LogP contribution >= 0.6 is 0 Å². The Morgan fingerprint density at radius 1 is 1.32 bits per heavy atom. The first kappa shape index (κ1) is 16.2. The number of pyridine rings is 1. The van der Waals surface area contributed by atoms with Gasteiger partial charge in [-0.05, 0) is 36.7 Å². The quantitative estimate of drug-likeness (QED) is 0.854. The van der Waals surface area contributed by atoms with E-state index in [0.717, 1.165) is 13.1 Å². The molecule has 0 spiro atoms. The van der Waals surface area contributed by atoms with Crippen LogP contribution in [0, 0.1) is 4.91 Å². The second-order valence-electron chi connectivity index (χ2n) is 5.92. The van der Waals surface area contributed by atoms with Gasteiger partial charge in [-0.2, -0.15) is 0 Å². The Bertz CT molecular complexity index is 533. The minimum Gasteiger partial charge on any atom is -0.406 e. The normalized spacial score (nSPS) is 15.3. The molecular formula is C14H21N4O4+. The van der Waals surface area contributed by atoms with Crippen molar-refractivity contribution in [3.05, 3.63) is 23.2 Å². The summed E-state index contributed by atoms with van der Waals surface area (Å²) in [5.41, 5.74) is -0.614. The first-order valence-corrected chi connectivity index (χ1v) is 7.15. The number of aromatic nitrogens is 1. The lowest BCUT2D eigenvalue weighted by Crippen LogP contribution is -2.47. The summed E-state index contributed by atoms with van der Waals surface area (Å²) < 4.78 is 5.22. The maximum absolute atomic E-state index is 11.9. The number of hydrogen-bond donors (Lipinski definition) is 1. The van der Waals surface area contributed by atoms with Gasteiger partial charge in [0.2, 0.25) is 0 Å². The number of piperazine rings is 1. The molecule has 1 amide bonds. The van der Waals surface area contributed by atoms with Gasteiger partial charge in [-0.3, -0.25) is 4.84 Å². The average Bonchev–Trinajstić information content (AvgIpc) is 2.47. The van der Waals surface area contributed by atoms with Gasteiger partial charge in [-0.25, -0.2) is 4.79 Å². The third-order valence-corrected chi connectivity index (χ3v) is 2.84. The molecule has 0 radical (unpaired) electrons. The molecule has 1 aromatic rings. The van der Waals surface area contributed by atoms with E-state index >= 15 is 0 Å². The topological polar surface area (TPSA) is 83.8 Å². The number of carbonyl (C=O) groups excluding carboxylic acids is 1. The molecule has 0 atom stereocenters. The highest BCUT2D eigenvalue weighted by atomic mass is 16.8. The van der Waals surface area contributed by atoms with Crippen LogP contribution in [-0.4, -0.2) is 52.7 Å². The molecule has 1 aliphatic rings. The van der Waals surface area contributed by atoms with Crippen LogP contribution in [0.1, 0.15) is 20.8 Å². The van der Waals surface area contributed by atoms with E-state index in [-0.39, 0.29) is 11.6 Å². The van der Waals surface area contributed by atoms with Crippen LogP contribution in [0.4, 0.5) is 10.6 Å². The van der Waals surface area contributed by atoms with Crippen LogP contribution in [0.15, 0.2) is 18.3 Å². The molecule has 8 heteroatoms. The molecule has 22 heavy (non-hydrogen) atoms. The first-order valence-electron chi connectivity index (χ1n) is 7.15. The Hall–Kier alpha value is -2.22. The molecule has 0 aliphatic carbocycles. The molecule has 1 aromatic heterocycles. The Balaban J connectivity index is 1.94. The predicted octanol–water partition coefficient (Wildman–Crippen LogP) is 1.63. The van der Waals surface area contributed by atoms with Crippen LogP contribution in [0.3, 0.4) is 0 Å². The van der Waals surface area contributed by atoms with Gasteiger partial charge in [0.15, 0.2) is 22.5 Å². The minimum absolute atomic E-state index is 0.0943. The van der Waals surface area contributed by atoms with Gasteiger partial charge in [-0.15, -0.1) is 0 Å². The van der Waals surface area contributed by atoms with Crippen LogP contribution in [0.2, 0.25) is 0 Å². The molecule has 1 saturated heterocycles. The molecule has 1 fully saturated rings. The van der Waals surface area contributed by atoms with Crippen LogP contribution in [-0.2, 0) is 4.84 Å². The highest BCUT2D eigenvalue weighted by molar-refractivity contribution is 5.70. The van der Waals surface area contributed by atoms with Crippen molar-refractivity contribution in [1.29, 1.82) is 0 Å². The van der Waals surface area contributed by atoms with E-state index in [9.17, 15) is 9.70 Å². The number of nitrogens with zero attached hydrogens (tertiary/aromatic N) is 3. The van der Waals surface area contributed by atoms with E-state index in [2.05, 4.69) is 10.3 Å². The van der Waals surface area contributed by atoms with E-state index in [0.29, 0.717) is 18.0 Å². The second-order valence-corrected chi connectivity index (χ2v) is 5.92. The monoisotopic (exact) mass is 309 g/mol. The summed E-state index contributed by atoms with van der Waals surface area (Å²) in [6.07, 6.45) is 0.910. The van der Waals surface area contributed by atoms with Crippen LogP contribution < -0.4 is 10.1 Å². The van der Waals surface area contributed by atoms with Crippen molar-refractivity contribution in [2.75, 3.05) is 26.2 Å². The summed E-state index contributed by atoms with van der Waals surface area (Å²) in [5.74, 6) is 0.383. The molecule has 8 nitrogen and oxygen atoms in total.